The molecule has 1 atom stereocenters. The zero-order valence-electron chi connectivity index (χ0n) is 15.0. The second-order valence-electron chi connectivity index (χ2n) is 7.32. The van der Waals surface area contributed by atoms with E-state index in [1.165, 1.54) is 27.1 Å². The van der Waals surface area contributed by atoms with E-state index in [2.05, 4.69) is 46.7 Å². The van der Waals surface area contributed by atoms with Crippen molar-refractivity contribution >= 4 is 22.9 Å². The minimum absolute atomic E-state index is 0.195. The molecule has 136 valence electrons. The first kappa shape index (κ1) is 17.5. The molecule has 1 saturated heterocycles. The quantitative estimate of drug-likeness (QED) is 0.867. The molecule has 0 bridgehead atoms. The Hall–Kier alpha value is -1.91. The number of thiophene rings is 1. The molecule has 1 aromatic carbocycles. The summed E-state index contributed by atoms with van der Waals surface area (Å²) >= 11 is 1.84. The van der Waals surface area contributed by atoms with Crippen molar-refractivity contribution in [3.05, 3.63) is 63.4 Å². The lowest BCUT2D eigenvalue weighted by Gasteiger charge is -2.30. The maximum Gasteiger partial charge on any atom is 0.307 e. The van der Waals surface area contributed by atoms with Crippen molar-refractivity contribution in [2.24, 2.45) is 5.92 Å². The Labute approximate surface area is 159 Å². The number of nitrogens with zero attached hydrogens (tertiary/aromatic N) is 1. The molecule has 1 N–H and O–H groups in total. The summed E-state index contributed by atoms with van der Waals surface area (Å²) in [6.07, 6.45) is 7.37. The maximum absolute atomic E-state index is 11.3. The molecular weight excluding hydrogens is 342 g/mol. The highest BCUT2D eigenvalue weighted by Gasteiger charge is 2.25. The van der Waals surface area contributed by atoms with Crippen LogP contribution >= 0.6 is 11.3 Å². The smallest absolute Gasteiger partial charge is 0.307 e. The molecule has 1 unspecified atom stereocenters. The second kappa shape index (κ2) is 7.77. The Morgan fingerprint density at radius 3 is 2.96 bits per heavy atom. The maximum atomic E-state index is 11.3. The topological polar surface area (TPSA) is 40.5 Å². The number of rotatable bonds is 4. The third-order valence-corrected chi connectivity index (χ3v) is 6.60. The number of piperidine rings is 1. The number of benzene rings is 1. The van der Waals surface area contributed by atoms with Crippen LogP contribution in [0.4, 0.5) is 0 Å². The van der Waals surface area contributed by atoms with Crippen LogP contribution < -0.4 is 0 Å². The number of carbonyl (C=O) groups is 1. The van der Waals surface area contributed by atoms with E-state index in [1.807, 2.05) is 11.3 Å². The third-order valence-electron chi connectivity index (χ3n) is 5.61. The Bertz CT molecular complexity index is 823. The molecule has 3 nitrogen and oxygen atoms in total. The third kappa shape index (κ3) is 3.62. The van der Waals surface area contributed by atoms with E-state index in [0.717, 1.165) is 45.2 Å². The van der Waals surface area contributed by atoms with Gasteiger partial charge < -0.3 is 10.0 Å². The first-order chi connectivity index (χ1) is 12.7. The lowest BCUT2D eigenvalue weighted by Crippen LogP contribution is -2.39. The zero-order chi connectivity index (χ0) is 17.9. The van der Waals surface area contributed by atoms with Crippen LogP contribution in [0, 0.1) is 5.92 Å². The highest BCUT2D eigenvalue weighted by Crippen LogP contribution is 2.37. The number of fused-ring (bicyclic) bond motifs is 2. The lowest BCUT2D eigenvalue weighted by molar-refractivity contribution is -0.143. The van der Waals surface area contributed by atoms with E-state index < -0.39 is 5.97 Å². The van der Waals surface area contributed by atoms with Gasteiger partial charge in [0.2, 0.25) is 0 Å². The Kier molecular flexibility index (Phi) is 5.23. The average molecular weight is 368 g/mol. The van der Waals surface area contributed by atoms with Gasteiger partial charge in [-0.15, -0.1) is 11.3 Å². The van der Waals surface area contributed by atoms with Crippen LogP contribution in [0.1, 0.15) is 40.8 Å². The molecule has 0 saturated carbocycles. The van der Waals surface area contributed by atoms with E-state index in [4.69, 9.17) is 0 Å². The average Bonchev–Trinajstić information content (AvgIpc) is 3.07. The van der Waals surface area contributed by atoms with Crippen LogP contribution in [0.5, 0.6) is 0 Å². The van der Waals surface area contributed by atoms with Crippen LogP contribution in [0.15, 0.2) is 41.8 Å². The van der Waals surface area contributed by atoms with Gasteiger partial charge in [0.15, 0.2) is 0 Å². The summed E-state index contributed by atoms with van der Waals surface area (Å²) in [6, 6.07) is 11.0. The molecule has 1 aliphatic heterocycles. The highest BCUT2D eigenvalue weighted by molar-refractivity contribution is 7.11. The number of aliphatic carboxylic acids is 1. The van der Waals surface area contributed by atoms with Crippen molar-refractivity contribution in [2.45, 2.75) is 32.1 Å². The van der Waals surface area contributed by atoms with E-state index in [0.29, 0.717) is 6.54 Å². The van der Waals surface area contributed by atoms with E-state index >= 15 is 0 Å². The van der Waals surface area contributed by atoms with E-state index in [1.54, 1.807) is 0 Å². The fourth-order valence-electron chi connectivity index (χ4n) is 4.22. The van der Waals surface area contributed by atoms with Gasteiger partial charge in [-0.2, -0.15) is 0 Å². The summed E-state index contributed by atoms with van der Waals surface area (Å²) in [4.78, 5) is 15.0. The van der Waals surface area contributed by atoms with Crippen LogP contribution in [0.2, 0.25) is 0 Å². The van der Waals surface area contributed by atoms with Crippen LogP contribution in [0.3, 0.4) is 0 Å². The van der Waals surface area contributed by atoms with Crippen LogP contribution in [0.25, 0.3) is 5.57 Å². The van der Waals surface area contributed by atoms with Crippen LogP contribution in [-0.4, -0.2) is 35.6 Å². The molecule has 4 heteroatoms. The molecule has 26 heavy (non-hydrogen) atoms. The molecule has 1 fully saturated rings. The first-order valence-corrected chi connectivity index (χ1v) is 10.4. The fraction of sp³-hybridized carbons (Fsp3) is 0.409. The normalized spacial score (nSPS) is 21.8. The van der Waals surface area contributed by atoms with Gasteiger partial charge in [-0.25, -0.2) is 0 Å². The van der Waals surface area contributed by atoms with Crippen molar-refractivity contribution in [1.82, 2.24) is 4.90 Å². The molecule has 0 radical (unpaired) electrons. The molecule has 4 rings (SSSR count). The highest BCUT2D eigenvalue weighted by atomic mass is 32.1. The molecule has 2 aromatic rings. The molecule has 1 aliphatic carbocycles. The molecule has 0 amide bonds. The summed E-state index contributed by atoms with van der Waals surface area (Å²) in [5, 5.41) is 11.5. The second-order valence-corrected chi connectivity index (χ2v) is 8.23. The predicted molar refractivity (Wildman–Crippen MR) is 107 cm³/mol. The molecule has 2 heterocycles. The molecule has 0 spiro atoms. The van der Waals surface area contributed by atoms with Gasteiger partial charge >= 0.3 is 5.97 Å². The monoisotopic (exact) mass is 367 g/mol. The largest absolute Gasteiger partial charge is 0.481 e. The molecule has 1 aromatic heterocycles. The first-order valence-electron chi connectivity index (χ1n) is 9.52. The van der Waals surface area contributed by atoms with Crippen molar-refractivity contribution in [1.29, 1.82) is 0 Å². The zero-order valence-corrected chi connectivity index (χ0v) is 15.8. The van der Waals surface area contributed by atoms with Gasteiger partial charge in [-0.1, -0.05) is 30.3 Å². The fourth-order valence-corrected chi connectivity index (χ4v) is 5.23. The summed E-state index contributed by atoms with van der Waals surface area (Å²) in [7, 11) is 0. The van der Waals surface area contributed by atoms with Gasteiger partial charge in [0.05, 0.1) is 5.92 Å². The van der Waals surface area contributed by atoms with Gasteiger partial charge in [0, 0.05) is 18.0 Å². The minimum Gasteiger partial charge on any atom is -0.481 e. The number of carboxylic acid groups (broad SMARTS) is 1. The molecule has 2 aliphatic rings. The Morgan fingerprint density at radius 2 is 2.08 bits per heavy atom. The van der Waals surface area contributed by atoms with Crippen LogP contribution in [-0.2, 0) is 17.6 Å². The lowest BCUT2D eigenvalue weighted by atomic mass is 9.97. The number of hydrogen-bond donors (Lipinski definition) is 1. The number of aryl methyl sites for hydroxylation is 2. The van der Waals surface area contributed by atoms with Crippen molar-refractivity contribution < 1.29 is 9.90 Å². The van der Waals surface area contributed by atoms with Gasteiger partial charge in [-0.3, -0.25) is 4.79 Å². The van der Waals surface area contributed by atoms with Gasteiger partial charge in [-0.05, 0) is 72.4 Å². The van der Waals surface area contributed by atoms with Gasteiger partial charge in [0.1, 0.15) is 0 Å². The standard InChI is InChI=1S/C22H25NO2S/c24-22(25)18-6-3-12-23(15-18)13-4-8-20-19-7-2-1-5-16(19)9-10-17-11-14-26-21(17)20/h1-2,5,7-8,11,14,18H,3-4,6,9-10,12-13,15H2,(H,24,25). The SMILES string of the molecule is O=C(O)C1CCCN(CCC=C2c3ccccc3CCc3ccsc32)C1. The molecular formula is C22H25NO2S. The summed E-state index contributed by atoms with van der Waals surface area (Å²) in [5.74, 6) is -0.840. The van der Waals surface area contributed by atoms with Gasteiger partial charge in [0.25, 0.3) is 0 Å². The van der Waals surface area contributed by atoms with Crippen molar-refractivity contribution in [3.8, 4) is 0 Å². The number of likely N-dealkylation sites (tertiary alicyclic amines) is 1. The Morgan fingerprint density at radius 1 is 1.23 bits per heavy atom. The van der Waals surface area contributed by atoms with E-state index in [9.17, 15) is 9.90 Å². The summed E-state index contributed by atoms with van der Waals surface area (Å²) in [6.45, 7) is 2.66. The predicted octanol–water partition coefficient (Wildman–Crippen LogP) is 4.47. The Balaban J connectivity index is 1.53. The number of carboxylic acids is 1. The van der Waals surface area contributed by atoms with E-state index in [-0.39, 0.29) is 5.92 Å². The summed E-state index contributed by atoms with van der Waals surface area (Å²) < 4.78 is 0. The van der Waals surface area contributed by atoms with Crippen molar-refractivity contribution in [2.75, 3.05) is 19.6 Å². The van der Waals surface area contributed by atoms with Crippen molar-refractivity contribution in [3.63, 3.8) is 0 Å². The summed E-state index contributed by atoms with van der Waals surface area (Å²) in [5.41, 5.74) is 5.64. The number of hydrogen-bond acceptors (Lipinski definition) is 3. The minimum atomic E-state index is -0.644.